The standard InChI is InChI=1S/C11H22N4O/c1-8-13-9(2)15(14-8)7-10(16)6-12-11(3,4)5/h10,12,16H,6-7H2,1-5H3. The number of hydrogen-bond acceptors (Lipinski definition) is 4. The number of hydrogen-bond donors (Lipinski definition) is 2. The maximum Gasteiger partial charge on any atom is 0.147 e. The summed E-state index contributed by atoms with van der Waals surface area (Å²) in [5, 5.41) is 17.3. The lowest BCUT2D eigenvalue weighted by molar-refractivity contribution is 0.136. The van der Waals surface area contributed by atoms with Crippen LogP contribution in [0.1, 0.15) is 32.4 Å². The van der Waals surface area contributed by atoms with Gasteiger partial charge in [-0.05, 0) is 34.6 Å². The fourth-order valence-electron chi connectivity index (χ4n) is 1.42. The molecule has 1 unspecified atom stereocenters. The number of aromatic nitrogens is 3. The van der Waals surface area contributed by atoms with Crippen molar-refractivity contribution >= 4 is 0 Å². The lowest BCUT2D eigenvalue weighted by atomic mass is 10.1. The van der Waals surface area contributed by atoms with Crippen molar-refractivity contribution in [3.05, 3.63) is 11.6 Å². The second-order valence-corrected chi connectivity index (χ2v) is 5.17. The molecule has 0 aliphatic carbocycles. The molecule has 0 spiro atoms. The van der Waals surface area contributed by atoms with Gasteiger partial charge in [0.15, 0.2) is 0 Å². The predicted octanol–water partition coefficient (Wildman–Crippen LogP) is 0.644. The van der Waals surface area contributed by atoms with Crippen LogP contribution in [0.3, 0.4) is 0 Å². The van der Waals surface area contributed by atoms with Crippen LogP contribution in [0, 0.1) is 13.8 Å². The Balaban J connectivity index is 2.45. The fourth-order valence-corrected chi connectivity index (χ4v) is 1.42. The normalized spacial score (nSPS) is 14.1. The molecule has 92 valence electrons. The highest BCUT2D eigenvalue weighted by Crippen LogP contribution is 2.01. The van der Waals surface area contributed by atoms with Crippen molar-refractivity contribution in [2.75, 3.05) is 6.54 Å². The zero-order valence-corrected chi connectivity index (χ0v) is 10.8. The first-order valence-corrected chi connectivity index (χ1v) is 5.59. The van der Waals surface area contributed by atoms with Crippen LogP contribution >= 0.6 is 0 Å². The van der Waals surface area contributed by atoms with E-state index in [9.17, 15) is 5.11 Å². The van der Waals surface area contributed by atoms with Gasteiger partial charge in [0, 0.05) is 12.1 Å². The minimum absolute atomic E-state index is 0.0221. The molecule has 0 aliphatic heterocycles. The average molecular weight is 226 g/mol. The van der Waals surface area contributed by atoms with Crippen LogP contribution < -0.4 is 5.32 Å². The maximum atomic E-state index is 9.85. The third-order valence-corrected chi connectivity index (χ3v) is 2.21. The summed E-state index contributed by atoms with van der Waals surface area (Å²) in [7, 11) is 0. The second-order valence-electron chi connectivity index (χ2n) is 5.17. The molecule has 0 bridgehead atoms. The van der Waals surface area contributed by atoms with Crippen LogP contribution in [0.4, 0.5) is 0 Å². The van der Waals surface area contributed by atoms with Gasteiger partial charge < -0.3 is 10.4 Å². The molecule has 1 heterocycles. The van der Waals surface area contributed by atoms with E-state index >= 15 is 0 Å². The van der Waals surface area contributed by atoms with Gasteiger partial charge in [-0.25, -0.2) is 9.67 Å². The van der Waals surface area contributed by atoms with Gasteiger partial charge in [-0.15, -0.1) is 0 Å². The molecule has 0 saturated carbocycles. The largest absolute Gasteiger partial charge is 0.390 e. The Kier molecular flexibility index (Phi) is 4.04. The van der Waals surface area contributed by atoms with E-state index < -0.39 is 6.10 Å². The van der Waals surface area contributed by atoms with E-state index in [1.54, 1.807) is 4.68 Å². The van der Waals surface area contributed by atoms with Crippen LogP contribution in [0.25, 0.3) is 0 Å². The lowest BCUT2D eigenvalue weighted by Crippen LogP contribution is -2.42. The summed E-state index contributed by atoms with van der Waals surface area (Å²) in [6, 6.07) is 0. The first kappa shape index (κ1) is 13.1. The summed E-state index contributed by atoms with van der Waals surface area (Å²) in [6.45, 7) is 11.0. The van der Waals surface area contributed by atoms with Gasteiger partial charge >= 0.3 is 0 Å². The minimum Gasteiger partial charge on any atom is -0.390 e. The number of β-amino-alcohol motifs (C(OH)–C–C–N with tert-alkyl or cyclic N) is 1. The topological polar surface area (TPSA) is 63.0 Å². The van der Waals surface area contributed by atoms with Crippen LogP contribution in [-0.4, -0.2) is 38.1 Å². The zero-order valence-electron chi connectivity index (χ0n) is 10.8. The van der Waals surface area contributed by atoms with Gasteiger partial charge in [-0.2, -0.15) is 5.10 Å². The van der Waals surface area contributed by atoms with Crippen LogP contribution in [0.5, 0.6) is 0 Å². The smallest absolute Gasteiger partial charge is 0.147 e. The van der Waals surface area contributed by atoms with Crippen molar-refractivity contribution in [2.24, 2.45) is 0 Å². The molecule has 0 radical (unpaired) electrons. The molecule has 0 aromatic carbocycles. The number of aryl methyl sites for hydroxylation is 2. The third kappa shape index (κ3) is 4.28. The molecule has 0 saturated heterocycles. The molecule has 16 heavy (non-hydrogen) atoms. The van der Waals surface area contributed by atoms with Gasteiger partial charge in [0.2, 0.25) is 0 Å². The Morgan fingerprint density at radius 3 is 2.44 bits per heavy atom. The molecule has 5 nitrogen and oxygen atoms in total. The Morgan fingerprint density at radius 2 is 2.00 bits per heavy atom. The summed E-state index contributed by atoms with van der Waals surface area (Å²) in [6.07, 6.45) is -0.445. The van der Waals surface area contributed by atoms with Gasteiger partial charge in [0.05, 0.1) is 12.6 Å². The number of aliphatic hydroxyl groups is 1. The van der Waals surface area contributed by atoms with Crippen molar-refractivity contribution in [2.45, 2.75) is 52.8 Å². The fraction of sp³-hybridized carbons (Fsp3) is 0.818. The number of nitrogens with zero attached hydrogens (tertiary/aromatic N) is 3. The molecule has 0 amide bonds. The van der Waals surface area contributed by atoms with E-state index in [0.717, 1.165) is 11.6 Å². The van der Waals surface area contributed by atoms with Gasteiger partial charge in [0.1, 0.15) is 11.6 Å². The Labute approximate surface area is 96.9 Å². The summed E-state index contributed by atoms with van der Waals surface area (Å²) in [4.78, 5) is 4.19. The molecule has 1 aromatic rings. The van der Waals surface area contributed by atoms with E-state index in [4.69, 9.17) is 0 Å². The highest BCUT2D eigenvalue weighted by Gasteiger charge is 2.13. The highest BCUT2D eigenvalue weighted by molar-refractivity contribution is 4.88. The van der Waals surface area contributed by atoms with E-state index in [-0.39, 0.29) is 5.54 Å². The van der Waals surface area contributed by atoms with Gasteiger partial charge in [-0.1, -0.05) is 0 Å². The van der Waals surface area contributed by atoms with E-state index in [1.807, 2.05) is 13.8 Å². The molecule has 2 N–H and O–H groups in total. The molecule has 0 aliphatic rings. The first-order chi connectivity index (χ1) is 7.28. The lowest BCUT2D eigenvalue weighted by Gasteiger charge is -2.22. The van der Waals surface area contributed by atoms with E-state index in [2.05, 4.69) is 36.2 Å². The molecular weight excluding hydrogens is 204 g/mol. The van der Waals surface area contributed by atoms with Gasteiger partial charge in [0.25, 0.3) is 0 Å². The van der Waals surface area contributed by atoms with Crippen molar-refractivity contribution in [3.63, 3.8) is 0 Å². The quantitative estimate of drug-likeness (QED) is 0.791. The second kappa shape index (κ2) is 4.93. The molecule has 0 fully saturated rings. The number of rotatable bonds is 4. The predicted molar refractivity (Wildman–Crippen MR) is 63.3 cm³/mol. The third-order valence-electron chi connectivity index (χ3n) is 2.21. The summed E-state index contributed by atoms with van der Waals surface area (Å²) in [5.41, 5.74) is 0.0221. The van der Waals surface area contributed by atoms with Crippen LogP contribution in [0.2, 0.25) is 0 Å². The summed E-state index contributed by atoms with van der Waals surface area (Å²) in [5.74, 6) is 1.58. The van der Waals surface area contributed by atoms with Crippen molar-refractivity contribution in [3.8, 4) is 0 Å². The molecule has 1 atom stereocenters. The van der Waals surface area contributed by atoms with E-state index in [1.165, 1.54) is 0 Å². The van der Waals surface area contributed by atoms with Gasteiger partial charge in [-0.3, -0.25) is 0 Å². The van der Waals surface area contributed by atoms with Crippen molar-refractivity contribution in [1.29, 1.82) is 0 Å². The zero-order chi connectivity index (χ0) is 12.3. The van der Waals surface area contributed by atoms with Crippen LogP contribution in [0.15, 0.2) is 0 Å². The Morgan fingerprint density at radius 1 is 1.38 bits per heavy atom. The monoisotopic (exact) mass is 226 g/mol. The van der Waals surface area contributed by atoms with Crippen LogP contribution in [-0.2, 0) is 6.54 Å². The average Bonchev–Trinajstić information content (AvgIpc) is 2.41. The number of aliphatic hydroxyl groups excluding tert-OH is 1. The SMILES string of the molecule is Cc1nc(C)n(CC(O)CNC(C)(C)C)n1. The number of nitrogens with one attached hydrogen (secondary N) is 1. The molecule has 1 rings (SSSR count). The highest BCUT2D eigenvalue weighted by atomic mass is 16.3. The maximum absolute atomic E-state index is 9.85. The minimum atomic E-state index is -0.445. The van der Waals surface area contributed by atoms with Crippen molar-refractivity contribution < 1.29 is 5.11 Å². The van der Waals surface area contributed by atoms with Crippen molar-refractivity contribution in [1.82, 2.24) is 20.1 Å². The first-order valence-electron chi connectivity index (χ1n) is 5.59. The molecule has 1 aromatic heterocycles. The summed E-state index contributed by atoms with van der Waals surface area (Å²) >= 11 is 0. The summed E-state index contributed by atoms with van der Waals surface area (Å²) < 4.78 is 1.74. The Bertz CT molecular complexity index is 340. The molecular formula is C11H22N4O. The molecule has 5 heteroatoms. The van der Waals surface area contributed by atoms with E-state index in [0.29, 0.717) is 13.1 Å². The Hall–Kier alpha value is -0.940.